The highest BCUT2D eigenvalue weighted by Gasteiger charge is 2.32. The van der Waals surface area contributed by atoms with E-state index in [1.54, 1.807) is 29.3 Å². The molecule has 1 aromatic carbocycles. The van der Waals surface area contributed by atoms with E-state index in [0.29, 0.717) is 39.3 Å². The first-order valence-corrected chi connectivity index (χ1v) is 12.3. The number of fused-ring (bicyclic) bond motifs is 1. The fraction of sp³-hybridized carbons (Fsp3) is 0.280. The summed E-state index contributed by atoms with van der Waals surface area (Å²) in [6.07, 6.45) is 6.33. The summed E-state index contributed by atoms with van der Waals surface area (Å²) < 4.78 is 2.02. The number of nitrogens with one attached hydrogen (secondary N) is 1. The Balaban J connectivity index is 1.69. The molecule has 1 fully saturated rings. The monoisotopic (exact) mass is 478 g/mol. The number of aryl methyl sites for hydroxylation is 1. The lowest BCUT2D eigenvalue weighted by molar-refractivity contribution is -0.122. The number of rotatable bonds is 8. The molecule has 4 rings (SSSR count). The van der Waals surface area contributed by atoms with Crippen LogP contribution >= 0.6 is 24.0 Å². The van der Waals surface area contributed by atoms with Crippen molar-refractivity contribution in [2.75, 3.05) is 11.9 Å². The lowest BCUT2D eigenvalue weighted by Gasteiger charge is -2.13. The Morgan fingerprint density at radius 1 is 1.12 bits per heavy atom. The molecule has 170 valence electrons. The van der Waals surface area contributed by atoms with Gasteiger partial charge < -0.3 is 5.32 Å². The van der Waals surface area contributed by atoms with E-state index < -0.39 is 0 Å². The molecule has 0 atom stereocenters. The molecule has 0 aliphatic carbocycles. The lowest BCUT2D eigenvalue weighted by Crippen LogP contribution is -2.29. The summed E-state index contributed by atoms with van der Waals surface area (Å²) in [4.78, 5) is 33.1. The molecule has 1 aliphatic rings. The molecule has 1 amide bonds. The van der Waals surface area contributed by atoms with Crippen molar-refractivity contribution >= 4 is 51.7 Å². The SMILES string of the molecule is CCCCCN1C(=O)/C(=C/c2c(NCc3ccc(C)cc3)nc3ccccn3c2=O)SC1=S. The third kappa shape index (κ3) is 5.17. The van der Waals surface area contributed by atoms with Crippen LogP contribution in [0.15, 0.2) is 58.4 Å². The highest BCUT2D eigenvalue weighted by Crippen LogP contribution is 2.33. The van der Waals surface area contributed by atoms with Gasteiger partial charge in [-0.05, 0) is 37.1 Å². The van der Waals surface area contributed by atoms with Crippen LogP contribution < -0.4 is 10.9 Å². The van der Waals surface area contributed by atoms with Gasteiger partial charge in [-0.3, -0.25) is 18.9 Å². The van der Waals surface area contributed by atoms with Crippen LogP contribution in [0, 0.1) is 6.92 Å². The predicted octanol–water partition coefficient (Wildman–Crippen LogP) is 5.01. The fourth-order valence-electron chi connectivity index (χ4n) is 3.60. The first-order valence-electron chi connectivity index (χ1n) is 11.0. The summed E-state index contributed by atoms with van der Waals surface area (Å²) in [7, 11) is 0. The van der Waals surface area contributed by atoms with Crippen LogP contribution in [0.25, 0.3) is 11.7 Å². The van der Waals surface area contributed by atoms with Gasteiger partial charge in [-0.25, -0.2) is 4.98 Å². The summed E-state index contributed by atoms with van der Waals surface area (Å²) >= 11 is 6.68. The highest BCUT2D eigenvalue weighted by molar-refractivity contribution is 8.26. The van der Waals surface area contributed by atoms with Crippen LogP contribution in [0.3, 0.4) is 0 Å². The maximum Gasteiger partial charge on any atom is 0.267 e. The van der Waals surface area contributed by atoms with E-state index >= 15 is 0 Å². The van der Waals surface area contributed by atoms with Gasteiger partial charge in [0.25, 0.3) is 11.5 Å². The number of aromatic nitrogens is 2. The summed E-state index contributed by atoms with van der Waals surface area (Å²) in [5.41, 5.74) is 2.91. The van der Waals surface area contributed by atoms with Crippen LogP contribution in [0.4, 0.5) is 5.82 Å². The molecule has 0 radical (unpaired) electrons. The average molecular weight is 479 g/mol. The third-order valence-electron chi connectivity index (χ3n) is 5.48. The van der Waals surface area contributed by atoms with Gasteiger partial charge in [-0.15, -0.1) is 0 Å². The second-order valence-corrected chi connectivity index (χ2v) is 9.66. The number of amides is 1. The minimum absolute atomic E-state index is 0.150. The number of thioether (sulfide) groups is 1. The number of benzene rings is 1. The Bertz CT molecular complexity index is 1280. The Labute approximate surface area is 202 Å². The van der Waals surface area contributed by atoms with Crippen LogP contribution in [0.1, 0.15) is 42.9 Å². The van der Waals surface area contributed by atoms with Gasteiger partial charge in [-0.2, -0.15) is 0 Å². The number of anilines is 1. The minimum atomic E-state index is -0.233. The topological polar surface area (TPSA) is 66.7 Å². The molecule has 1 N–H and O–H groups in total. The zero-order chi connectivity index (χ0) is 23.4. The normalized spacial score (nSPS) is 15.1. The Kier molecular flexibility index (Phi) is 7.25. The minimum Gasteiger partial charge on any atom is -0.365 e. The number of thiocarbonyl (C=S) groups is 1. The summed E-state index contributed by atoms with van der Waals surface area (Å²) in [5.74, 6) is 0.297. The van der Waals surface area contributed by atoms with Gasteiger partial charge in [0, 0.05) is 19.3 Å². The first-order chi connectivity index (χ1) is 16.0. The van der Waals surface area contributed by atoms with Gasteiger partial charge in [0.2, 0.25) is 0 Å². The number of unbranched alkanes of at least 4 members (excludes halogenated alkanes) is 2. The molecule has 6 nitrogen and oxygen atoms in total. The maximum absolute atomic E-state index is 13.3. The summed E-state index contributed by atoms with van der Waals surface area (Å²) in [6.45, 7) is 5.27. The Morgan fingerprint density at radius 2 is 1.91 bits per heavy atom. The number of hydrogen-bond acceptors (Lipinski definition) is 6. The molecule has 1 saturated heterocycles. The van der Waals surface area contributed by atoms with Crippen LogP contribution in [-0.4, -0.2) is 31.1 Å². The van der Waals surface area contributed by atoms with E-state index in [1.807, 2.05) is 37.3 Å². The first kappa shape index (κ1) is 23.2. The molecule has 33 heavy (non-hydrogen) atoms. The predicted molar refractivity (Wildman–Crippen MR) is 139 cm³/mol. The quantitative estimate of drug-likeness (QED) is 0.279. The molecular formula is C25H26N4O2S2. The number of nitrogens with zero attached hydrogens (tertiary/aromatic N) is 3. The van der Waals surface area contributed by atoms with Gasteiger partial charge in [0.15, 0.2) is 0 Å². The molecular weight excluding hydrogens is 452 g/mol. The number of hydrogen-bond donors (Lipinski definition) is 1. The average Bonchev–Trinajstić information content (AvgIpc) is 3.08. The van der Waals surface area contributed by atoms with E-state index in [2.05, 4.69) is 17.2 Å². The standard InChI is InChI=1S/C25H26N4O2S2/c1-3-4-6-14-29-24(31)20(33-25(29)32)15-19-22(26-16-18-11-9-17(2)10-12-18)27-21-8-5-7-13-28(21)23(19)30/h5,7-13,15,26H,3-4,6,14,16H2,1-2H3/b20-15-. The summed E-state index contributed by atoms with van der Waals surface area (Å²) in [6, 6.07) is 13.6. The Hall–Kier alpha value is -2.97. The number of pyridine rings is 1. The van der Waals surface area contributed by atoms with Crippen molar-refractivity contribution in [1.29, 1.82) is 0 Å². The Morgan fingerprint density at radius 3 is 2.67 bits per heavy atom. The van der Waals surface area contributed by atoms with E-state index in [4.69, 9.17) is 12.2 Å². The molecule has 0 unspecified atom stereocenters. The largest absolute Gasteiger partial charge is 0.365 e. The van der Waals surface area contributed by atoms with Gasteiger partial charge in [0.05, 0.1) is 10.5 Å². The number of carbonyl (C=O) groups is 1. The van der Waals surface area contributed by atoms with E-state index in [-0.39, 0.29) is 11.5 Å². The molecule has 0 saturated carbocycles. The zero-order valence-electron chi connectivity index (χ0n) is 18.7. The fourth-order valence-corrected chi connectivity index (χ4v) is 4.89. The van der Waals surface area contributed by atoms with Crippen molar-refractivity contribution in [2.24, 2.45) is 0 Å². The van der Waals surface area contributed by atoms with Crippen LogP contribution in [0.5, 0.6) is 0 Å². The molecule has 3 aromatic rings. The van der Waals surface area contributed by atoms with Crippen molar-refractivity contribution in [3.05, 3.63) is 80.6 Å². The van der Waals surface area contributed by atoms with Crippen molar-refractivity contribution in [3.8, 4) is 0 Å². The molecule has 0 bridgehead atoms. The number of carbonyl (C=O) groups excluding carboxylic acids is 1. The van der Waals surface area contributed by atoms with Crippen molar-refractivity contribution in [1.82, 2.24) is 14.3 Å². The smallest absolute Gasteiger partial charge is 0.267 e. The molecule has 8 heteroatoms. The molecule has 3 heterocycles. The highest BCUT2D eigenvalue weighted by atomic mass is 32.2. The van der Waals surface area contributed by atoms with Crippen molar-refractivity contribution < 1.29 is 4.79 Å². The second-order valence-electron chi connectivity index (χ2n) is 7.99. The maximum atomic E-state index is 13.3. The lowest BCUT2D eigenvalue weighted by atomic mass is 10.1. The second kappa shape index (κ2) is 10.3. The molecule has 0 spiro atoms. The van der Waals surface area contributed by atoms with Crippen LogP contribution in [0.2, 0.25) is 0 Å². The van der Waals surface area contributed by atoms with E-state index in [9.17, 15) is 9.59 Å². The third-order valence-corrected chi connectivity index (χ3v) is 6.86. The van der Waals surface area contributed by atoms with Crippen molar-refractivity contribution in [3.63, 3.8) is 0 Å². The van der Waals surface area contributed by atoms with Crippen molar-refractivity contribution in [2.45, 2.75) is 39.7 Å². The van der Waals surface area contributed by atoms with Crippen LogP contribution in [-0.2, 0) is 11.3 Å². The van der Waals surface area contributed by atoms with Gasteiger partial charge in [-0.1, -0.05) is 79.6 Å². The van der Waals surface area contributed by atoms with E-state index in [0.717, 1.165) is 24.8 Å². The molecule has 2 aromatic heterocycles. The molecule has 1 aliphatic heterocycles. The zero-order valence-corrected chi connectivity index (χ0v) is 20.3. The summed E-state index contributed by atoms with van der Waals surface area (Å²) in [5, 5.41) is 3.30. The van der Waals surface area contributed by atoms with Gasteiger partial charge >= 0.3 is 0 Å². The van der Waals surface area contributed by atoms with E-state index in [1.165, 1.54) is 21.7 Å². The van der Waals surface area contributed by atoms with Gasteiger partial charge in [0.1, 0.15) is 15.8 Å².